The van der Waals surface area contributed by atoms with Crippen LogP contribution in [-0.2, 0) is 6.18 Å². The first kappa shape index (κ1) is 13.8. The van der Waals surface area contributed by atoms with E-state index in [9.17, 15) is 13.2 Å². The van der Waals surface area contributed by atoms with E-state index in [-0.39, 0.29) is 0 Å². The molecule has 5 heteroatoms. The summed E-state index contributed by atoms with van der Waals surface area (Å²) in [4.78, 5) is 1.42. The second kappa shape index (κ2) is 5.57. The zero-order valence-electron chi connectivity index (χ0n) is 10.1. The number of hydrogen-bond donors (Lipinski definition) is 0. The molecule has 0 fully saturated rings. The van der Waals surface area contributed by atoms with E-state index in [1.807, 2.05) is 12.1 Å². The van der Waals surface area contributed by atoms with Crippen LogP contribution in [0, 0.1) is 0 Å². The van der Waals surface area contributed by atoms with Crippen molar-refractivity contribution in [2.24, 2.45) is 0 Å². The quantitative estimate of drug-likeness (QED) is 0.795. The molecule has 2 aromatic carbocycles. The lowest BCUT2D eigenvalue weighted by Gasteiger charge is -2.08. The van der Waals surface area contributed by atoms with Gasteiger partial charge in [0.15, 0.2) is 0 Å². The summed E-state index contributed by atoms with van der Waals surface area (Å²) in [7, 11) is 1.56. The molecule has 1 nitrogen and oxygen atoms in total. The Kier molecular flexibility index (Phi) is 4.04. The molecule has 0 unspecified atom stereocenters. The van der Waals surface area contributed by atoms with Crippen molar-refractivity contribution in [3.05, 3.63) is 54.1 Å². The molecule has 0 saturated carbocycles. The van der Waals surface area contributed by atoms with Gasteiger partial charge in [-0.25, -0.2) is 0 Å². The second-order valence-electron chi connectivity index (χ2n) is 3.80. The maximum atomic E-state index is 12.6. The minimum Gasteiger partial charge on any atom is -0.497 e. The standard InChI is InChI=1S/C14H11F3OS/c1-18-11-5-7-12(8-6-11)19-13-4-2-3-10(9-13)14(15,16)17/h2-9H,1H3. The van der Waals surface area contributed by atoms with Crippen LogP contribution in [0.5, 0.6) is 5.75 Å². The van der Waals surface area contributed by atoms with E-state index >= 15 is 0 Å². The lowest BCUT2D eigenvalue weighted by atomic mass is 10.2. The van der Waals surface area contributed by atoms with E-state index in [0.717, 1.165) is 17.0 Å². The third kappa shape index (κ3) is 3.67. The third-order valence-electron chi connectivity index (χ3n) is 2.46. The van der Waals surface area contributed by atoms with Crippen molar-refractivity contribution in [2.75, 3.05) is 7.11 Å². The van der Waals surface area contributed by atoms with Gasteiger partial charge in [-0.05, 0) is 42.5 Å². The fourth-order valence-electron chi connectivity index (χ4n) is 1.52. The molecule has 2 aromatic rings. The number of halogens is 3. The molecule has 0 amide bonds. The van der Waals surface area contributed by atoms with E-state index in [1.54, 1.807) is 25.3 Å². The zero-order chi connectivity index (χ0) is 13.9. The fourth-order valence-corrected chi connectivity index (χ4v) is 2.39. The van der Waals surface area contributed by atoms with Crippen LogP contribution in [0.2, 0.25) is 0 Å². The summed E-state index contributed by atoms with van der Waals surface area (Å²) >= 11 is 1.28. The van der Waals surface area contributed by atoms with Crippen LogP contribution < -0.4 is 4.74 Å². The summed E-state index contributed by atoms with van der Waals surface area (Å²) in [5.74, 6) is 0.716. The first-order chi connectivity index (χ1) is 8.99. The number of methoxy groups -OCH3 is 1. The third-order valence-corrected chi connectivity index (χ3v) is 3.45. The molecular weight excluding hydrogens is 273 g/mol. The average Bonchev–Trinajstić information content (AvgIpc) is 2.39. The van der Waals surface area contributed by atoms with Gasteiger partial charge in [0.25, 0.3) is 0 Å². The second-order valence-corrected chi connectivity index (χ2v) is 4.95. The van der Waals surface area contributed by atoms with Crippen LogP contribution in [-0.4, -0.2) is 7.11 Å². The average molecular weight is 284 g/mol. The molecular formula is C14H11F3OS. The molecule has 0 radical (unpaired) electrons. The summed E-state index contributed by atoms with van der Waals surface area (Å²) < 4.78 is 42.8. The molecule has 0 saturated heterocycles. The van der Waals surface area contributed by atoms with Gasteiger partial charge < -0.3 is 4.74 Å². The van der Waals surface area contributed by atoms with Gasteiger partial charge in [0.05, 0.1) is 12.7 Å². The van der Waals surface area contributed by atoms with Gasteiger partial charge in [0.2, 0.25) is 0 Å². The zero-order valence-corrected chi connectivity index (χ0v) is 10.9. The van der Waals surface area contributed by atoms with Gasteiger partial charge in [0.1, 0.15) is 5.75 Å². The minimum absolute atomic E-state index is 0.556. The highest BCUT2D eigenvalue weighted by atomic mass is 32.2. The van der Waals surface area contributed by atoms with Crippen LogP contribution in [0.15, 0.2) is 58.3 Å². The van der Waals surface area contributed by atoms with Gasteiger partial charge in [-0.15, -0.1) is 0 Å². The molecule has 0 heterocycles. The van der Waals surface area contributed by atoms with Crippen LogP contribution in [0.25, 0.3) is 0 Å². The predicted octanol–water partition coefficient (Wildman–Crippen LogP) is 4.87. The van der Waals surface area contributed by atoms with E-state index in [0.29, 0.717) is 10.6 Å². The fraction of sp³-hybridized carbons (Fsp3) is 0.143. The van der Waals surface area contributed by atoms with Gasteiger partial charge in [0, 0.05) is 9.79 Å². The molecule has 0 bridgehead atoms. The van der Waals surface area contributed by atoms with Gasteiger partial charge in [-0.3, -0.25) is 0 Å². The minimum atomic E-state index is -4.31. The van der Waals surface area contributed by atoms with Crippen molar-refractivity contribution >= 4 is 11.8 Å². The SMILES string of the molecule is COc1ccc(Sc2cccc(C(F)(F)F)c2)cc1. The number of rotatable bonds is 3. The molecule has 100 valence electrons. The van der Waals surface area contributed by atoms with E-state index in [2.05, 4.69) is 0 Å². The van der Waals surface area contributed by atoms with E-state index < -0.39 is 11.7 Å². The Balaban J connectivity index is 2.18. The molecule has 0 spiro atoms. The van der Waals surface area contributed by atoms with Crippen LogP contribution in [0.1, 0.15) is 5.56 Å². The molecule has 0 atom stereocenters. The molecule has 2 rings (SSSR count). The Morgan fingerprint density at radius 2 is 1.63 bits per heavy atom. The smallest absolute Gasteiger partial charge is 0.416 e. The summed E-state index contributed by atoms with van der Waals surface area (Å²) in [5.41, 5.74) is -0.633. The number of ether oxygens (including phenoxy) is 1. The summed E-state index contributed by atoms with van der Waals surface area (Å²) in [6.45, 7) is 0. The first-order valence-electron chi connectivity index (χ1n) is 5.48. The summed E-state index contributed by atoms with van der Waals surface area (Å²) in [6.07, 6.45) is -4.31. The van der Waals surface area contributed by atoms with Gasteiger partial charge in [-0.1, -0.05) is 17.8 Å². The Hall–Kier alpha value is -1.62. The lowest BCUT2D eigenvalue weighted by molar-refractivity contribution is -0.137. The van der Waals surface area contributed by atoms with Crippen molar-refractivity contribution in [3.8, 4) is 5.75 Å². The summed E-state index contributed by atoms with van der Waals surface area (Å²) in [5, 5.41) is 0. The molecule has 0 aromatic heterocycles. The molecule has 0 aliphatic heterocycles. The monoisotopic (exact) mass is 284 g/mol. The highest BCUT2D eigenvalue weighted by Gasteiger charge is 2.30. The maximum Gasteiger partial charge on any atom is 0.416 e. The predicted molar refractivity (Wildman–Crippen MR) is 68.6 cm³/mol. The van der Waals surface area contributed by atoms with Gasteiger partial charge in [-0.2, -0.15) is 13.2 Å². The number of benzene rings is 2. The van der Waals surface area contributed by atoms with Crippen LogP contribution in [0.3, 0.4) is 0 Å². The van der Waals surface area contributed by atoms with Gasteiger partial charge >= 0.3 is 6.18 Å². The number of hydrogen-bond acceptors (Lipinski definition) is 2. The maximum absolute atomic E-state index is 12.6. The summed E-state index contributed by atoms with van der Waals surface area (Å²) in [6, 6.07) is 12.4. The van der Waals surface area contributed by atoms with Crippen molar-refractivity contribution in [3.63, 3.8) is 0 Å². The Labute approximate surface area is 113 Å². The van der Waals surface area contributed by atoms with Crippen LogP contribution >= 0.6 is 11.8 Å². The van der Waals surface area contributed by atoms with Crippen LogP contribution in [0.4, 0.5) is 13.2 Å². The largest absolute Gasteiger partial charge is 0.497 e. The van der Waals surface area contributed by atoms with Crippen molar-refractivity contribution in [1.82, 2.24) is 0 Å². The van der Waals surface area contributed by atoms with E-state index in [1.165, 1.54) is 17.8 Å². The molecule has 0 aliphatic rings. The Morgan fingerprint density at radius 1 is 0.947 bits per heavy atom. The normalized spacial score (nSPS) is 11.4. The molecule has 0 N–H and O–H groups in total. The highest BCUT2D eigenvalue weighted by Crippen LogP contribution is 2.34. The molecule has 19 heavy (non-hydrogen) atoms. The van der Waals surface area contributed by atoms with Crippen molar-refractivity contribution in [1.29, 1.82) is 0 Å². The Morgan fingerprint density at radius 3 is 2.21 bits per heavy atom. The highest BCUT2D eigenvalue weighted by molar-refractivity contribution is 7.99. The lowest BCUT2D eigenvalue weighted by Crippen LogP contribution is -2.04. The van der Waals surface area contributed by atoms with Crippen molar-refractivity contribution in [2.45, 2.75) is 16.0 Å². The molecule has 0 aliphatic carbocycles. The first-order valence-corrected chi connectivity index (χ1v) is 6.30. The topological polar surface area (TPSA) is 9.23 Å². The van der Waals surface area contributed by atoms with E-state index in [4.69, 9.17) is 4.74 Å². The van der Waals surface area contributed by atoms with Crippen molar-refractivity contribution < 1.29 is 17.9 Å². The number of alkyl halides is 3. The Bertz CT molecular complexity index is 549.